The molecule has 0 bridgehead atoms. The van der Waals surface area contributed by atoms with Gasteiger partial charge in [0.25, 0.3) is 0 Å². The van der Waals surface area contributed by atoms with Gasteiger partial charge in [0.15, 0.2) is 11.5 Å². The Morgan fingerprint density at radius 1 is 1.25 bits per heavy atom. The van der Waals surface area contributed by atoms with E-state index in [2.05, 4.69) is 11.9 Å². The van der Waals surface area contributed by atoms with Crippen LogP contribution in [0.4, 0.5) is 0 Å². The Bertz CT molecular complexity index is 430. The molecule has 0 aromatic heterocycles. The normalized spacial score (nSPS) is 28.8. The first-order valence-electron chi connectivity index (χ1n) is 5.89. The molecule has 0 amide bonds. The lowest BCUT2D eigenvalue weighted by molar-refractivity contribution is 0.256. The highest BCUT2D eigenvalue weighted by atomic mass is 16.3. The Morgan fingerprint density at radius 3 is 2.88 bits per heavy atom. The van der Waals surface area contributed by atoms with Crippen LogP contribution in [0.25, 0.3) is 0 Å². The summed E-state index contributed by atoms with van der Waals surface area (Å²) in [5.41, 5.74) is 2.17. The van der Waals surface area contributed by atoms with Gasteiger partial charge in [0.1, 0.15) is 0 Å². The maximum absolute atomic E-state index is 9.87. The van der Waals surface area contributed by atoms with Gasteiger partial charge in [0.2, 0.25) is 0 Å². The summed E-state index contributed by atoms with van der Waals surface area (Å²) >= 11 is 0. The standard InChI is InChI=1S/C13H17NO2/c1-14-5-4-9-6-10-8(7-11(9)14)2-3-12(15)13(10)16/h2-3,9,11,15-16H,4-7H2,1H3/t9?,11-/m0/s1. The van der Waals surface area contributed by atoms with Crippen molar-refractivity contribution in [1.82, 2.24) is 4.90 Å². The molecule has 1 aliphatic heterocycles. The first-order valence-corrected chi connectivity index (χ1v) is 5.89. The Kier molecular flexibility index (Phi) is 2.11. The highest BCUT2D eigenvalue weighted by Crippen LogP contribution is 2.41. The number of phenols is 2. The van der Waals surface area contributed by atoms with Crippen molar-refractivity contribution in [2.24, 2.45) is 5.92 Å². The van der Waals surface area contributed by atoms with Crippen LogP contribution in [-0.4, -0.2) is 34.7 Å². The fourth-order valence-electron chi connectivity index (χ4n) is 3.22. The summed E-state index contributed by atoms with van der Waals surface area (Å²) in [7, 11) is 2.18. The molecule has 2 atom stereocenters. The summed E-state index contributed by atoms with van der Waals surface area (Å²) in [5.74, 6) is 0.763. The van der Waals surface area contributed by atoms with Crippen molar-refractivity contribution in [1.29, 1.82) is 0 Å². The molecule has 1 saturated heterocycles. The third-order valence-corrected chi connectivity index (χ3v) is 4.22. The molecular weight excluding hydrogens is 202 g/mol. The Labute approximate surface area is 95.3 Å². The molecule has 0 radical (unpaired) electrons. The van der Waals surface area contributed by atoms with Crippen LogP contribution in [0.3, 0.4) is 0 Å². The van der Waals surface area contributed by atoms with E-state index in [1.807, 2.05) is 6.07 Å². The van der Waals surface area contributed by atoms with Gasteiger partial charge in [0.05, 0.1) is 0 Å². The number of hydrogen-bond acceptors (Lipinski definition) is 3. The molecule has 3 heteroatoms. The molecular formula is C13H17NO2. The van der Waals surface area contributed by atoms with Crippen molar-refractivity contribution < 1.29 is 10.2 Å². The zero-order valence-corrected chi connectivity index (χ0v) is 9.48. The second-order valence-electron chi connectivity index (χ2n) is 5.08. The van der Waals surface area contributed by atoms with E-state index in [4.69, 9.17) is 0 Å². The number of likely N-dealkylation sites (N-methyl/N-ethyl adjacent to an activating group) is 1. The third kappa shape index (κ3) is 1.31. The number of fused-ring (bicyclic) bond motifs is 2. The van der Waals surface area contributed by atoms with Gasteiger partial charge in [-0.2, -0.15) is 0 Å². The lowest BCUT2D eigenvalue weighted by Gasteiger charge is -2.31. The zero-order chi connectivity index (χ0) is 11.3. The van der Waals surface area contributed by atoms with Gasteiger partial charge in [-0.3, -0.25) is 0 Å². The van der Waals surface area contributed by atoms with Gasteiger partial charge in [-0.25, -0.2) is 0 Å². The first-order chi connectivity index (χ1) is 7.66. The molecule has 1 unspecified atom stereocenters. The van der Waals surface area contributed by atoms with Crippen molar-refractivity contribution in [3.63, 3.8) is 0 Å². The van der Waals surface area contributed by atoms with E-state index in [-0.39, 0.29) is 11.5 Å². The predicted octanol–water partition coefficient (Wildman–Crippen LogP) is 1.52. The van der Waals surface area contributed by atoms with Crippen LogP contribution in [0.5, 0.6) is 11.5 Å². The average molecular weight is 219 g/mol. The molecule has 1 aromatic carbocycles. The minimum absolute atomic E-state index is 0.0172. The van der Waals surface area contributed by atoms with Gasteiger partial charge in [-0.15, -0.1) is 0 Å². The summed E-state index contributed by atoms with van der Waals surface area (Å²) in [6, 6.07) is 4.17. The second kappa shape index (κ2) is 3.39. The van der Waals surface area contributed by atoms with E-state index in [1.54, 1.807) is 6.07 Å². The van der Waals surface area contributed by atoms with Crippen LogP contribution >= 0.6 is 0 Å². The smallest absolute Gasteiger partial charge is 0.160 e. The number of rotatable bonds is 0. The van der Waals surface area contributed by atoms with E-state index >= 15 is 0 Å². The lowest BCUT2D eigenvalue weighted by atomic mass is 9.80. The number of benzene rings is 1. The molecule has 3 nitrogen and oxygen atoms in total. The first kappa shape index (κ1) is 9.97. The molecule has 0 spiro atoms. The molecule has 1 aromatic rings. The summed E-state index contributed by atoms with van der Waals surface area (Å²) in [5, 5.41) is 19.4. The van der Waals surface area contributed by atoms with Gasteiger partial charge >= 0.3 is 0 Å². The van der Waals surface area contributed by atoms with Crippen molar-refractivity contribution >= 4 is 0 Å². The molecule has 16 heavy (non-hydrogen) atoms. The van der Waals surface area contributed by atoms with Gasteiger partial charge < -0.3 is 15.1 Å². The van der Waals surface area contributed by atoms with Crippen molar-refractivity contribution in [2.45, 2.75) is 25.3 Å². The largest absolute Gasteiger partial charge is 0.504 e. The minimum atomic E-state index is 0.0172. The minimum Gasteiger partial charge on any atom is -0.504 e. The summed E-state index contributed by atoms with van der Waals surface area (Å²) in [6.07, 6.45) is 3.12. The fourth-order valence-corrected chi connectivity index (χ4v) is 3.22. The van der Waals surface area contributed by atoms with Crippen molar-refractivity contribution in [2.75, 3.05) is 13.6 Å². The van der Waals surface area contributed by atoms with Crippen LogP contribution in [0.2, 0.25) is 0 Å². The SMILES string of the molecule is CN1CCC2Cc3c(ccc(O)c3O)C[C@@H]21. The monoisotopic (exact) mass is 219 g/mol. The topological polar surface area (TPSA) is 43.7 Å². The summed E-state index contributed by atoms with van der Waals surface area (Å²) < 4.78 is 0. The van der Waals surface area contributed by atoms with Gasteiger partial charge in [-0.05, 0) is 50.4 Å². The summed E-state index contributed by atoms with van der Waals surface area (Å²) in [4.78, 5) is 2.41. The van der Waals surface area contributed by atoms with Crippen LogP contribution in [-0.2, 0) is 12.8 Å². The van der Waals surface area contributed by atoms with Crippen molar-refractivity contribution in [3.05, 3.63) is 23.3 Å². The quantitative estimate of drug-likeness (QED) is 0.650. The molecule has 2 aliphatic rings. The highest BCUT2D eigenvalue weighted by molar-refractivity contribution is 5.50. The predicted molar refractivity (Wildman–Crippen MR) is 61.7 cm³/mol. The average Bonchev–Trinajstić information content (AvgIpc) is 2.64. The van der Waals surface area contributed by atoms with Gasteiger partial charge in [0, 0.05) is 11.6 Å². The maximum atomic E-state index is 9.87. The number of likely N-dealkylation sites (tertiary alicyclic amines) is 1. The van der Waals surface area contributed by atoms with Crippen LogP contribution in [0, 0.1) is 5.92 Å². The van der Waals surface area contributed by atoms with E-state index in [0.717, 1.165) is 24.9 Å². The van der Waals surface area contributed by atoms with Crippen molar-refractivity contribution in [3.8, 4) is 11.5 Å². The third-order valence-electron chi connectivity index (χ3n) is 4.22. The molecule has 1 heterocycles. The number of nitrogens with zero attached hydrogens (tertiary/aromatic N) is 1. The fraction of sp³-hybridized carbons (Fsp3) is 0.538. The van der Waals surface area contributed by atoms with Crippen LogP contribution in [0.15, 0.2) is 12.1 Å². The summed E-state index contributed by atoms with van der Waals surface area (Å²) in [6.45, 7) is 1.15. The van der Waals surface area contributed by atoms with E-state index < -0.39 is 0 Å². The van der Waals surface area contributed by atoms with Crippen LogP contribution in [0.1, 0.15) is 17.5 Å². The molecule has 0 saturated carbocycles. The Hall–Kier alpha value is -1.22. The van der Waals surface area contributed by atoms with E-state index in [1.165, 1.54) is 12.0 Å². The molecule has 86 valence electrons. The Morgan fingerprint density at radius 2 is 2.06 bits per heavy atom. The van der Waals surface area contributed by atoms with Crippen LogP contribution < -0.4 is 0 Å². The lowest BCUT2D eigenvalue weighted by Crippen LogP contribution is -2.35. The van der Waals surface area contributed by atoms with Gasteiger partial charge in [-0.1, -0.05) is 6.07 Å². The second-order valence-corrected chi connectivity index (χ2v) is 5.08. The molecule has 1 fully saturated rings. The highest BCUT2D eigenvalue weighted by Gasteiger charge is 2.37. The zero-order valence-electron chi connectivity index (χ0n) is 9.48. The number of hydrogen-bond donors (Lipinski definition) is 2. The number of phenolic OH excluding ortho intramolecular Hbond substituents is 2. The van der Waals surface area contributed by atoms with E-state index in [9.17, 15) is 10.2 Å². The molecule has 3 rings (SSSR count). The Balaban J connectivity index is 2.02. The number of aromatic hydroxyl groups is 2. The maximum Gasteiger partial charge on any atom is 0.160 e. The van der Waals surface area contributed by atoms with E-state index in [0.29, 0.717) is 12.0 Å². The molecule has 2 N–H and O–H groups in total. The molecule has 1 aliphatic carbocycles.